The average molecular weight is 455 g/mol. The molecule has 0 aliphatic heterocycles. The van der Waals surface area contributed by atoms with E-state index in [1.807, 2.05) is 6.92 Å². The molecule has 0 aliphatic rings. The first-order valence-corrected chi connectivity index (χ1v) is 11.7. The monoisotopic (exact) mass is 454 g/mol. The fourth-order valence-corrected chi connectivity index (χ4v) is 4.25. The SMILES string of the molecule is CCOc1cc2oc3cc(O)c(CCC(C)C)c(O)c3c(=O)c2c(CCC(C)C)c1C(C)=O. The summed E-state index contributed by atoms with van der Waals surface area (Å²) in [6.07, 6.45) is 2.45. The largest absolute Gasteiger partial charge is 0.507 e. The Morgan fingerprint density at radius 1 is 0.970 bits per heavy atom. The van der Waals surface area contributed by atoms with E-state index in [2.05, 4.69) is 27.7 Å². The van der Waals surface area contributed by atoms with Crippen molar-refractivity contribution in [3.8, 4) is 17.2 Å². The molecule has 6 nitrogen and oxygen atoms in total. The molecule has 0 spiro atoms. The predicted molar refractivity (Wildman–Crippen MR) is 131 cm³/mol. The molecule has 0 saturated carbocycles. The number of aryl methyl sites for hydroxylation is 1. The van der Waals surface area contributed by atoms with E-state index in [4.69, 9.17) is 9.15 Å². The van der Waals surface area contributed by atoms with Gasteiger partial charge in [-0.25, -0.2) is 0 Å². The van der Waals surface area contributed by atoms with Crippen LogP contribution in [0.15, 0.2) is 21.3 Å². The number of fused-ring (bicyclic) bond motifs is 2. The van der Waals surface area contributed by atoms with Crippen molar-refractivity contribution in [2.45, 2.75) is 67.2 Å². The van der Waals surface area contributed by atoms with E-state index in [0.29, 0.717) is 53.7 Å². The third kappa shape index (κ3) is 4.85. The van der Waals surface area contributed by atoms with Gasteiger partial charge in [0.15, 0.2) is 5.78 Å². The second kappa shape index (κ2) is 9.86. The lowest BCUT2D eigenvalue weighted by Crippen LogP contribution is -2.13. The molecule has 3 rings (SSSR count). The van der Waals surface area contributed by atoms with Crippen LogP contribution < -0.4 is 10.2 Å². The second-order valence-electron chi connectivity index (χ2n) is 9.48. The number of Topliss-reactive ketones (excluding diaryl/α,β-unsaturated/α-hetero) is 1. The first-order valence-electron chi connectivity index (χ1n) is 11.7. The van der Waals surface area contributed by atoms with Crippen molar-refractivity contribution in [2.24, 2.45) is 11.8 Å². The van der Waals surface area contributed by atoms with Gasteiger partial charge in [-0.2, -0.15) is 0 Å². The van der Waals surface area contributed by atoms with Crippen LogP contribution in [0.3, 0.4) is 0 Å². The number of hydrogen-bond donors (Lipinski definition) is 2. The molecule has 1 heterocycles. The summed E-state index contributed by atoms with van der Waals surface area (Å²) in [4.78, 5) is 26.4. The van der Waals surface area contributed by atoms with Crippen LogP contribution in [0.4, 0.5) is 0 Å². The molecule has 0 amide bonds. The molecule has 0 bridgehead atoms. The van der Waals surface area contributed by atoms with E-state index >= 15 is 0 Å². The molecule has 0 unspecified atom stereocenters. The summed E-state index contributed by atoms with van der Waals surface area (Å²) in [5, 5.41) is 21.8. The minimum Gasteiger partial charge on any atom is -0.507 e. The fraction of sp³-hybridized carbons (Fsp3) is 0.481. The molecule has 0 saturated heterocycles. The van der Waals surface area contributed by atoms with Gasteiger partial charge in [0.2, 0.25) is 5.43 Å². The molecule has 0 atom stereocenters. The molecule has 6 heteroatoms. The summed E-state index contributed by atoms with van der Waals surface area (Å²) in [7, 11) is 0. The smallest absolute Gasteiger partial charge is 0.204 e. The number of aromatic hydroxyl groups is 2. The van der Waals surface area contributed by atoms with Crippen LogP contribution in [0.1, 0.15) is 75.9 Å². The van der Waals surface area contributed by atoms with Crippen LogP contribution >= 0.6 is 0 Å². The van der Waals surface area contributed by atoms with Gasteiger partial charge in [0.25, 0.3) is 0 Å². The molecular formula is C27H34O6. The summed E-state index contributed by atoms with van der Waals surface area (Å²) in [5.74, 6) is 0.552. The Morgan fingerprint density at radius 2 is 1.55 bits per heavy atom. The summed E-state index contributed by atoms with van der Waals surface area (Å²) in [6, 6.07) is 2.95. The third-order valence-electron chi connectivity index (χ3n) is 5.97. The second-order valence-corrected chi connectivity index (χ2v) is 9.48. The van der Waals surface area contributed by atoms with E-state index in [-0.39, 0.29) is 39.2 Å². The molecule has 178 valence electrons. The summed E-state index contributed by atoms with van der Waals surface area (Å²) >= 11 is 0. The lowest BCUT2D eigenvalue weighted by molar-refractivity contribution is 0.101. The van der Waals surface area contributed by atoms with E-state index in [0.717, 1.165) is 12.8 Å². The number of ketones is 1. The van der Waals surface area contributed by atoms with Crippen LogP contribution in [0, 0.1) is 11.8 Å². The minimum absolute atomic E-state index is 0.0310. The molecule has 3 aromatic rings. The Hall–Kier alpha value is -3.02. The molecule has 0 fully saturated rings. The number of phenolic OH excluding ortho intramolecular Hbond substituents is 2. The summed E-state index contributed by atoms with van der Waals surface area (Å²) in [5.41, 5.74) is 1.28. The zero-order chi connectivity index (χ0) is 24.4. The highest BCUT2D eigenvalue weighted by molar-refractivity contribution is 6.05. The summed E-state index contributed by atoms with van der Waals surface area (Å²) < 4.78 is 11.8. The standard InChI is InChI=1S/C27H34O6/c1-7-32-20-13-22-24(18(11-9-15(4)5)23(20)16(6)28)27(31)25-21(33-22)12-19(29)17(26(25)30)10-8-14(2)3/h12-15,29-30H,7-11H2,1-6H3. The van der Waals surface area contributed by atoms with Crippen molar-refractivity contribution in [1.82, 2.24) is 0 Å². The van der Waals surface area contributed by atoms with Gasteiger partial charge in [-0.1, -0.05) is 27.7 Å². The maximum Gasteiger partial charge on any atom is 0.204 e. The van der Waals surface area contributed by atoms with Gasteiger partial charge in [-0.05, 0) is 56.9 Å². The molecule has 0 aliphatic carbocycles. The lowest BCUT2D eigenvalue weighted by Gasteiger charge is -2.17. The van der Waals surface area contributed by atoms with Gasteiger partial charge in [0, 0.05) is 17.7 Å². The summed E-state index contributed by atoms with van der Waals surface area (Å²) in [6.45, 7) is 11.9. The number of rotatable bonds is 9. The van der Waals surface area contributed by atoms with E-state index < -0.39 is 5.43 Å². The van der Waals surface area contributed by atoms with Crippen molar-refractivity contribution >= 4 is 27.7 Å². The number of phenols is 2. The first kappa shape index (κ1) is 24.6. The Morgan fingerprint density at radius 3 is 2.09 bits per heavy atom. The zero-order valence-corrected chi connectivity index (χ0v) is 20.4. The van der Waals surface area contributed by atoms with Crippen LogP contribution in [0.2, 0.25) is 0 Å². The van der Waals surface area contributed by atoms with Gasteiger partial charge in [0.05, 0.1) is 17.6 Å². The average Bonchev–Trinajstić information content (AvgIpc) is 2.70. The van der Waals surface area contributed by atoms with Gasteiger partial charge >= 0.3 is 0 Å². The molecule has 2 N–H and O–H groups in total. The number of carbonyl (C=O) groups excluding carboxylic acids is 1. The topological polar surface area (TPSA) is 97.0 Å². The number of carbonyl (C=O) groups is 1. The van der Waals surface area contributed by atoms with E-state index in [1.54, 1.807) is 6.07 Å². The highest BCUT2D eigenvalue weighted by Gasteiger charge is 2.25. The van der Waals surface area contributed by atoms with Crippen molar-refractivity contribution in [3.05, 3.63) is 39.0 Å². The van der Waals surface area contributed by atoms with Crippen LogP contribution in [0.25, 0.3) is 21.9 Å². The first-order chi connectivity index (χ1) is 15.6. The molecule has 33 heavy (non-hydrogen) atoms. The predicted octanol–water partition coefficient (Wildman–Crippen LogP) is 6.14. The van der Waals surface area contributed by atoms with E-state index in [1.165, 1.54) is 13.0 Å². The number of hydrogen-bond acceptors (Lipinski definition) is 6. The Kier molecular flexibility index (Phi) is 7.35. The van der Waals surface area contributed by atoms with Crippen molar-refractivity contribution in [3.63, 3.8) is 0 Å². The quantitative estimate of drug-likeness (QED) is 0.298. The molecule has 1 aromatic heterocycles. The Labute approximate surface area is 194 Å². The maximum absolute atomic E-state index is 13.8. The zero-order valence-electron chi connectivity index (χ0n) is 20.4. The molecular weight excluding hydrogens is 420 g/mol. The number of ether oxygens (including phenoxy) is 1. The van der Waals surface area contributed by atoms with Gasteiger partial charge in [-0.15, -0.1) is 0 Å². The molecule has 0 radical (unpaired) electrons. The lowest BCUT2D eigenvalue weighted by atomic mass is 9.91. The molecule has 2 aromatic carbocycles. The van der Waals surface area contributed by atoms with Crippen LogP contribution in [-0.2, 0) is 12.8 Å². The van der Waals surface area contributed by atoms with Gasteiger partial charge in [-0.3, -0.25) is 9.59 Å². The normalized spacial score (nSPS) is 11.8. The fourth-order valence-electron chi connectivity index (χ4n) is 4.25. The van der Waals surface area contributed by atoms with Gasteiger partial charge in [0.1, 0.15) is 33.8 Å². The van der Waals surface area contributed by atoms with Crippen LogP contribution in [-0.4, -0.2) is 22.6 Å². The van der Waals surface area contributed by atoms with Crippen molar-refractivity contribution in [2.75, 3.05) is 6.61 Å². The third-order valence-corrected chi connectivity index (χ3v) is 5.97. The number of benzene rings is 2. The van der Waals surface area contributed by atoms with Crippen molar-refractivity contribution < 1.29 is 24.2 Å². The van der Waals surface area contributed by atoms with E-state index in [9.17, 15) is 19.8 Å². The minimum atomic E-state index is -0.404. The Bertz CT molecular complexity index is 1250. The van der Waals surface area contributed by atoms with Gasteiger partial charge < -0.3 is 19.4 Å². The maximum atomic E-state index is 13.8. The Balaban J connectivity index is 2.43. The van der Waals surface area contributed by atoms with Crippen molar-refractivity contribution in [1.29, 1.82) is 0 Å². The highest BCUT2D eigenvalue weighted by Crippen LogP contribution is 2.39. The highest BCUT2D eigenvalue weighted by atomic mass is 16.5. The van der Waals surface area contributed by atoms with Crippen LogP contribution in [0.5, 0.6) is 17.2 Å².